The van der Waals surface area contributed by atoms with Crippen molar-refractivity contribution in [3.63, 3.8) is 0 Å². The number of carbonyl (C=O) groups excluding carboxylic acids is 4. The van der Waals surface area contributed by atoms with Crippen molar-refractivity contribution in [1.82, 2.24) is 10.6 Å². The number of phenolic OH excluding ortho intramolecular Hbond substituents is 2. The van der Waals surface area contributed by atoms with Gasteiger partial charge in [0.1, 0.15) is 23.6 Å². The molecule has 3 aromatic rings. The van der Waals surface area contributed by atoms with Gasteiger partial charge in [0.2, 0.25) is 0 Å². The van der Waals surface area contributed by atoms with Crippen molar-refractivity contribution >= 4 is 23.8 Å². The number of hydrogen-bond donors (Lipinski definition) is 4. The fourth-order valence-electron chi connectivity index (χ4n) is 7.10. The fraction of sp³-hybridized carbons (Fsp3) is 0.560. The Morgan fingerprint density at radius 2 is 0.717 bits per heavy atom. The summed E-state index contributed by atoms with van der Waals surface area (Å²) in [6.07, 6.45) is 23.6. The van der Waals surface area contributed by atoms with Crippen LogP contribution in [0.2, 0.25) is 0 Å². The monoisotopic (exact) mass is 829 g/mol. The molecule has 4 N–H and O–H groups in total. The van der Waals surface area contributed by atoms with Crippen LogP contribution in [0, 0.1) is 0 Å². The summed E-state index contributed by atoms with van der Waals surface area (Å²) in [7, 11) is 0. The van der Waals surface area contributed by atoms with Gasteiger partial charge in [0.25, 0.3) is 11.8 Å². The van der Waals surface area contributed by atoms with Crippen molar-refractivity contribution in [3.05, 3.63) is 95.1 Å². The Kier molecular flexibility index (Phi) is 24.9. The van der Waals surface area contributed by atoms with E-state index in [1.54, 1.807) is 24.3 Å². The number of hydrogen-bond acceptors (Lipinski definition) is 8. The second-order valence-corrected chi connectivity index (χ2v) is 16.1. The highest BCUT2D eigenvalue weighted by molar-refractivity contribution is 6.00. The molecule has 2 unspecified atom stereocenters. The average molecular weight is 829 g/mol. The predicted molar refractivity (Wildman–Crippen MR) is 238 cm³/mol. The van der Waals surface area contributed by atoms with Gasteiger partial charge in [-0.2, -0.15) is 0 Å². The lowest BCUT2D eigenvalue weighted by Crippen LogP contribution is -2.44. The molecule has 0 radical (unpaired) electrons. The van der Waals surface area contributed by atoms with E-state index in [9.17, 15) is 29.4 Å². The zero-order valence-electron chi connectivity index (χ0n) is 36.4. The van der Waals surface area contributed by atoms with Crippen molar-refractivity contribution in [3.8, 4) is 11.5 Å². The van der Waals surface area contributed by atoms with E-state index in [1.165, 1.54) is 138 Å². The van der Waals surface area contributed by atoms with Crippen molar-refractivity contribution in [1.29, 1.82) is 0 Å². The van der Waals surface area contributed by atoms with Gasteiger partial charge >= 0.3 is 11.9 Å². The van der Waals surface area contributed by atoms with Gasteiger partial charge in [-0.05, 0) is 72.5 Å². The molecule has 330 valence electrons. The highest BCUT2D eigenvalue weighted by atomic mass is 16.5. The molecule has 0 aliphatic rings. The molecular formula is C50H72N2O8. The minimum Gasteiger partial charge on any atom is -0.508 e. The number of aromatic hydroxyl groups is 2. The number of phenols is 2. The molecule has 0 aliphatic heterocycles. The maximum absolute atomic E-state index is 13.4. The van der Waals surface area contributed by atoms with Crippen LogP contribution in [0.15, 0.2) is 72.8 Å². The topological polar surface area (TPSA) is 151 Å². The molecule has 0 bridgehead atoms. The molecule has 0 saturated carbocycles. The van der Waals surface area contributed by atoms with Crippen LogP contribution in [0.4, 0.5) is 0 Å². The third kappa shape index (κ3) is 20.9. The van der Waals surface area contributed by atoms with Crippen molar-refractivity contribution in [2.75, 3.05) is 13.2 Å². The lowest BCUT2D eigenvalue weighted by molar-refractivity contribution is -0.146. The summed E-state index contributed by atoms with van der Waals surface area (Å²) < 4.78 is 11.2. The highest BCUT2D eigenvalue weighted by Crippen LogP contribution is 2.17. The smallest absolute Gasteiger partial charge is 0.328 e. The van der Waals surface area contributed by atoms with E-state index >= 15 is 0 Å². The van der Waals surface area contributed by atoms with Crippen molar-refractivity contribution in [2.45, 2.75) is 167 Å². The molecule has 0 heterocycles. The van der Waals surface area contributed by atoms with Crippen LogP contribution in [0.25, 0.3) is 0 Å². The molecule has 0 spiro atoms. The zero-order chi connectivity index (χ0) is 43.2. The standard InChI is InChI=1S/C50H72N2O8/c1-3-5-7-9-11-13-15-17-19-21-35-59-49(57)45(37-39-23-31-43(53)32-24-39)51-47(55)41-27-29-42(30-28-41)48(56)52-46(38-40-25-33-44(54)34-26-40)50(58)60-36-22-20-18-16-14-12-10-8-6-4-2/h23-34,45-46,53-54H,3-22,35-38H2,1-2H3,(H,51,55)(H,52,56). The normalized spacial score (nSPS) is 12.0. The molecule has 0 saturated heterocycles. The summed E-state index contributed by atoms with van der Waals surface area (Å²) in [6, 6.07) is 16.9. The molecule has 0 aromatic heterocycles. The summed E-state index contributed by atoms with van der Waals surface area (Å²) in [6.45, 7) is 4.97. The molecule has 0 aliphatic carbocycles. The Balaban J connectivity index is 1.54. The summed E-state index contributed by atoms with van der Waals surface area (Å²) in [5.74, 6) is -1.91. The Morgan fingerprint density at radius 3 is 1.02 bits per heavy atom. The first-order valence-corrected chi connectivity index (χ1v) is 22.8. The number of carbonyl (C=O) groups is 4. The fourth-order valence-corrected chi connectivity index (χ4v) is 7.10. The third-order valence-electron chi connectivity index (χ3n) is 10.8. The third-order valence-corrected chi connectivity index (χ3v) is 10.8. The quantitative estimate of drug-likeness (QED) is 0.0359. The maximum Gasteiger partial charge on any atom is 0.328 e. The lowest BCUT2D eigenvalue weighted by atomic mass is 10.0. The summed E-state index contributed by atoms with van der Waals surface area (Å²) in [5.41, 5.74) is 1.96. The van der Waals surface area contributed by atoms with Crippen molar-refractivity contribution < 1.29 is 38.9 Å². The predicted octanol–water partition coefficient (Wildman–Crippen LogP) is 10.7. The first-order chi connectivity index (χ1) is 29.2. The number of ether oxygens (including phenoxy) is 2. The molecule has 2 amide bonds. The van der Waals surface area contributed by atoms with Gasteiger partial charge < -0.3 is 30.3 Å². The van der Waals surface area contributed by atoms with E-state index in [2.05, 4.69) is 24.5 Å². The molecule has 10 nitrogen and oxygen atoms in total. The van der Waals surface area contributed by atoms with E-state index in [4.69, 9.17) is 9.47 Å². The van der Waals surface area contributed by atoms with Gasteiger partial charge in [-0.3, -0.25) is 9.59 Å². The Bertz CT molecular complexity index is 1520. The molecule has 10 heteroatoms. The number of unbranched alkanes of at least 4 members (excludes halogenated alkanes) is 18. The van der Waals surface area contributed by atoms with Gasteiger partial charge in [-0.15, -0.1) is 0 Å². The second-order valence-electron chi connectivity index (χ2n) is 16.1. The summed E-state index contributed by atoms with van der Waals surface area (Å²) >= 11 is 0. The van der Waals surface area contributed by atoms with Crippen molar-refractivity contribution in [2.24, 2.45) is 0 Å². The van der Waals surface area contributed by atoms with Crippen LogP contribution < -0.4 is 10.6 Å². The number of rotatable bonds is 32. The molecule has 0 fully saturated rings. The summed E-state index contributed by atoms with van der Waals surface area (Å²) in [5, 5.41) is 25.1. The van der Waals surface area contributed by atoms with Gasteiger partial charge in [0.15, 0.2) is 0 Å². The Morgan fingerprint density at radius 1 is 0.433 bits per heavy atom. The highest BCUT2D eigenvalue weighted by Gasteiger charge is 2.26. The first-order valence-electron chi connectivity index (χ1n) is 22.8. The van der Waals surface area contributed by atoms with E-state index in [0.29, 0.717) is 0 Å². The zero-order valence-corrected chi connectivity index (χ0v) is 36.4. The lowest BCUT2D eigenvalue weighted by Gasteiger charge is -2.19. The van der Waals surface area contributed by atoms with Crippen LogP contribution in [0.1, 0.15) is 174 Å². The Labute approximate surface area is 359 Å². The van der Waals surface area contributed by atoms with Gasteiger partial charge in [-0.1, -0.05) is 154 Å². The van der Waals surface area contributed by atoms with Gasteiger partial charge in [0.05, 0.1) is 13.2 Å². The molecule has 60 heavy (non-hydrogen) atoms. The number of amides is 2. The molecule has 3 aromatic carbocycles. The van der Waals surface area contributed by atoms with Gasteiger partial charge in [0, 0.05) is 24.0 Å². The number of benzene rings is 3. The molecule has 2 atom stereocenters. The SMILES string of the molecule is CCCCCCCCCCCCOC(=O)C(Cc1ccc(O)cc1)NC(=O)c1ccc(C(=O)NC(Cc2ccc(O)cc2)C(=O)OCCCCCCCCCCCC)cc1. The van der Waals surface area contributed by atoms with Crippen LogP contribution in [0.5, 0.6) is 11.5 Å². The van der Waals surface area contributed by atoms with E-state index < -0.39 is 35.8 Å². The van der Waals surface area contributed by atoms with Crippen LogP contribution in [-0.2, 0) is 31.9 Å². The van der Waals surface area contributed by atoms with Gasteiger partial charge in [-0.25, -0.2) is 9.59 Å². The number of esters is 2. The van der Waals surface area contributed by atoms with Crippen LogP contribution >= 0.6 is 0 Å². The minimum atomic E-state index is -0.972. The largest absolute Gasteiger partial charge is 0.508 e. The number of nitrogens with one attached hydrogen (secondary N) is 2. The minimum absolute atomic E-state index is 0.0971. The summed E-state index contributed by atoms with van der Waals surface area (Å²) in [4.78, 5) is 53.4. The van der Waals surface area contributed by atoms with E-state index in [1.807, 2.05) is 0 Å². The van der Waals surface area contributed by atoms with E-state index in [-0.39, 0.29) is 48.7 Å². The maximum atomic E-state index is 13.4. The van der Waals surface area contributed by atoms with Crippen LogP contribution in [0.3, 0.4) is 0 Å². The first kappa shape index (κ1) is 49.5. The Hall–Kier alpha value is -4.86. The molecular weight excluding hydrogens is 757 g/mol. The second kappa shape index (κ2) is 30.2. The molecule has 3 rings (SSSR count). The van der Waals surface area contributed by atoms with E-state index in [0.717, 1.165) is 49.7 Å². The average Bonchev–Trinajstić information content (AvgIpc) is 3.25. The van der Waals surface area contributed by atoms with Crippen LogP contribution in [-0.4, -0.2) is 59.3 Å².